The molecule has 13 rings (SSSR count). The molecule has 0 atom stereocenters. The van der Waals surface area contributed by atoms with E-state index in [4.69, 9.17) is 9.15 Å². The van der Waals surface area contributed by atoms with Gasteiger partial charge in [-0.25, -0.2) is 4.39 Å². The summed E-state index contributed by atoms with van der Waals surface area (Å²) < 4.78 is 256. The number of aryl methyl sites for hydroxylation is 6. The maximum Gasteiger partial charge on any atom is 0.433 e. The van der Waals surface area contributed by atoms with Crippen LogP contribution in [-0.2, 0) is 79.1 Å². The molecule has 0 saturated heterocycles. The van der Waals surface area contributed by atoms with Crippen LogP contribution in [0.3, 0.4) is 0 Å². The van der Waals surface area contributed by atoms with Gasteiger partial charge in [0, 0.05) is 48.3 Å². The minimum Gasteiger partial charge on any atom is -0.492 e. The van der Waals surface area contributed by atoms with Crippen molar-refractivity contribution < 1.29 is 117 Å². The Kier molecular flexibility index (Phi) is 31.4. The number of amides is 5. The summed E-state index contributed by atoms with van der Waals surface area (Å²) in [5, 5.41) is 31.8. The lowest BCUT2D eigenvalue weighted by Gasteiger charge is -2.06. The van der Waals surface area contributed by atoms with Gasteiger partial charge in [-0.3, -0.25) is 47.4 Å². The molecule has 0 aliphatic rings. The highest BCUT2D eigenvalue weighted by atomic mass is 32.1. The molecule has 0 spiro atoms. The van der Waals surface area contributed by atoms with E-state index >= 15 is 0 Å². The van der Waals surface area contributed by atoms with Crippen LogP contribution in [0.4, 0.5) is 83.4 Å². The van der Waals surface area contributed by atoms with Crippen molar-refractivity contribution in [2.45, 2.75) is 70.8 Å². The van der Waals surface area contributed by atoms with Gasteiger partial charge in [-0.2, -0.15) is 105 Å². The fourth-order valence-corrected chi connectivity index (χ4v) is 15.1. The van der Waals surface area contributed by atoms with Gasteiger partial charge in [-0.05, 0) is 152 Å². The van der Waals surface area contributed by atoms with Crippen LogP contribution >= 0.6 is 56.7 Å². The molecule has 11 heterocycles. The molecule has 2 aromatic carbocycles. The van der Waals surface area contributed by atoms with Gasteiger partial charge >= 0.3 is 37.1 Å². The molecule has 0 aliphatic heterocycles. The van der Waals surface area contributed by atoms with Crippen LogP contribution in [0.25, 0.3) is 52.9 Å². The highest BCUT2D eigenvalue weighted by Gasteiger charge is 2.40. The minimum atomic E-state index is -4.58. The van der Waals surface area contributed by atoms with Crippen LogP contribution in [0.1, 0.15) is 108 Å². The Morgan fingerprint density at radius 2 is 0.710 bits per heavy atom. The molecule has 124 heavy (non-hydrogen) atoms. The number of ether oxygens (including phenoxy) is 1. The van der Waals surface area contributed by atoms with Crippen molar-refractivity contribution in [3.05, 3.63) is 233 Å². The number of carbonyl (C=O) groups is 5. The predicted molar refractivity (Wildman–Crippen MR) is 424 cm³/mol. The lowest BCUT2D eigenvalue weighted by Crippen LogP contribution is -2.33. The highest BCUT2D eigenvalue weighted by molar-refractivity contribution is 7.18. The topological polar surface area (TPSA) is 257 Å². The molecule has 662 valence electrons. The monoisotopic (exact) mass is 1850 g/mol. The number of hydrogen-bond donors (Lipinski definition) is 5. The number of para-hydroxylation sites is 1. The lowest BCUT2D eigenvalue weighted by molar-refractivity contribution is -0.144. The largest absolute Gasteiger partial charge is 0.492 e. The second-order valence-electron chi connectivity index (χ2n) is 26.6. The normalized spacial score (nSPS) is 11.8. The number of halogens is 19. The highest BCUT2D eigenvalue weighted by Crippen LogP contribution is 2.40. The number of thiophene rings is 5. The predicted octanol–water partition coefficient (Wildman–Crippen LogP) is 19.3. The molecule has 13 aromatic rings. The number of hydrogen-bond acceptors (Lipinski definition) is 17. The Morgan fingerprint density at radius 3 is 1.01 bits per heavy atom. The van der Waals surface area contributed by atoms with Gasteiger partial charge in [0.15, 0.2) is 0 Å². The van der Waals surface area contributed by atoms with Crippen molar-refractivity contribution >= 4 is 86.2 Å². The number of rotatable bonds is 22. The van der Waals surface area contributed by atoms with E-state index in [0.717, 1.165) is 124 Å². The maximum atomic E-state index is 12.9. The molecule has 5 N–H and O–H groups in total. The average Bonchev–Trinajstić information content (AvgIpc) is 1.68. The first kappa shape index (κ1) is 95.9. The van der Waals surface area contributed by atoms with Gasteiger partial charge in [-0.15, -0.1) is 56.7 Å². The van der Waals surface area contributed by atoms with Gasteiger partial charge < -0.3 is 35.7 Å². The van der Waals surface area contributed by atoms with Crippen molar-refractivity contribution in [1.82, 2.24) is 75.5 Å². The van der Waals surface area contributed by atoms with E-state index in [9.17, 15) is 107 Å². The molecule has 0 saturated carbocycles. The van der Waals surface area contributed by atoms with Crippen molar-refractivity contribution in [3.8, 4) is 58.6 Å². The smallest absolute Gasteiger partial charge is 0.433 e. The molecule has 22 nitrogen and oxygen atoms in total. The molecule has 0 bridgehead atoms. The summed E-state index contributed by atoms with van der Waals surface area (Å²) in [5.74, 6) is -0.0400. The van der Waals surface area contributed by atoms with Gasteiger partial charge in [0.2, 0.25) is 0 Å². The van der Waals surface area contributed by atoms with E-state index in [2.05, 4.69) is 46.8 Å². The van der Waals surface area contributed by atoms with Crippen LogP contribution in [0.2, 0.25) is 0 Å². The molecule has 0 radical (unpaired) electrons. The van der Waals surface area contributed by atoms with Gasteiger partial charge in [0.1, 0.15) is 93.2 Å². The minimum absolute atomic E-state index is 0.0142. The first-order chi connectivity index (χ1) is 58.0. The summed E-state index contributed by atoms with van der Waals surface area (Å²) in [4.78, 5) is 63.8. The van der Waals surface area contributed by atoms with E-state index in [1.807, 2.05) is 44.2 Å². The van der Waals surface area contributed by atoms with Crippen LogP contribution in [0, 0.1) is 18.7 Å². The van der Waals surface area contributed by atoms with Gasteiger partial charge in [0.25, 0.3) is 29.5 Å². The quantitative estimate of drug-likeness (QED) is 0.0314. The zero-order chi connectivity index (χ0) is 91.1. The van der Waals surface area contributed by atoms with E-state index in [-0.39, 0.29) is 74.2 Å². The fourth-order valence-electron chi connectivity index (χ4n) is 10.7. The second-order valence-corrected chi connectivity index (χ2v) is 32.1. The molecule has 46 heteroatoms. The number of aromatic nitrogens is 10. The molecule has 11 aromatic heterocycles. The van der Waals surface area contributed by atoms with Gasteiger partial charge in [0.05, 0.1) is 61.9 Å². The third kappa shape index (κ3) is 27.3. The summed E-state index contributed by atoms with van der Waals surface area (Å²) in [7, 11) is 6.06. The second kappa shape index (κ2) is 40.6. The number of benzene rings is 2. The lowest BCUT2D eigenvalue weighted by atomic mass is 10.1. The van der Waals surface area contributed by atoms with Crippen LogP contribution < -0.4 is 31.3 Å². The SMILES string of the molecule is CC(C)CNC(=O)c1ccc(-c2cc(C(F)(F)F)n(C)n2)s1.Cc1ccc(CNC(=O)c2ccc(-c3cc(C(F)(F)F)n(C)n3)s2)o1.Cn1nc(-c2ccc(C(=O)NCC(F)(F)F)s2)cc1C(F)(F)F.Cn1nc(-c2ccc(C(=O)NCCOc3ccccc3)s2)cc1C(F)(F)F.Cn1nc(-c2ccc(C(=O)NCCc3ccc(F)cc3)s2)cc1C(F)(F)F. The van der Waals surface area contributed by atoms with Crippen LogP contribution in [-0.4, -0.2) is 117 Å². The number of carbonyl (C=O) groups excluding carboxylic acids is 5. The number of nitrogens with one attached hydrogen (secondary N) is 5. The number of furan rings is 1. The van der Waals surface area contributed by atoms with E-state index in [1.54, 1.807) is 85.0 Å². The number of alkyl halides is 18. The van der Waals surface area contributed by atoms with E-state index in [0.29, 0.717) is 93.8 Å². The summed E-state index contributed by atoms with van der Waals surface area (Å²) in [6, 6.07) is 38.6. The van der Waals surface area contributed by atoms with Crippen molar-refractivity contribution in [2.75, 3.05) is 32.8 Å². The van der Waals surface area contributed by atoms with Crippen molar-refractivity contribution in [2.24, 2.45) is 41.2 Å². The fraction of sp³-hybridized carbons (Fsp3) is 0.282. The Morgan fingerprint density at radius 1 is 0.395 bits per heavy atom. The Hall–Kier alpha value is -11.9. The van der Waals surface area contributed by atoms with Crippen molar-refractivity contribution in [3.63, 3.8) is 0 Å². The van der Waals surface area contributed by atoms with E-state index < -0.39 is 78.0 Å². The molecular weight excluding hydrogens is 1780 g/mol. The van der Waals surface area contributed by atoms with Gasteiger partial charge in [-0.1, -0.05) is 44.2 Å². The average molecular weight is 1850 g/mol. The zero-order valence-corrected chi connectivity index (χ0v) is 69.7. The molecule has 0 aliphatic carbocycles. The summed E-state index contributed by atoms with van der Waals surface area (Å²) >= 11 is 5.11. The molecule has 5 amide bonds. The third-order valence-electron chi connectivity index (χ3n) is 16.6. The number of nitrogens with zero attached hydrogens (tertiary/aromatic N) is 10. The van der Waals surface area contributed by atoms with E-state index in [1.165, 1.54) is 52.5 Å². The maximum absolute atomic E-state index is 12.9. The first-order valence-corrected chi connectivity index (χ1v) is 40.1. The summed E-state index contributed by atoms with van der Waals surface area (Å²) in [5.41, 5.74) is -2.70. The standard InChI is InChI=1S/C18H15F4N3OS.C18H16F3N3O2S.C16H14F3N3O2S.C14H16F3N3OS.C12H9F6N3OS/c1-25-16(18(20,21)22)10-13(24-25)14-6-7-15(27-14)17(26)23-9-8-11-2-4-12(19)5-3-11;1-24-16(18(19,20)21)11-13(23-24)14-7-8-15(27-14)17(25)22-9-10-26-12-5-3-2-4-6-12;1-9-3-4-10(24-9)8-20-15(23)13-6-5-12(25-13)11-7-14(16(17,18)19)22(2)21-11;1-8(2)7-18-13(21)11-5-4-10(22-11)9-6-12(14(15,16)17)20(3)19-9;1-21-9(12(16,17)18)4-6(20-21)7-2-3-8(23-7)10(22)19-5-11(13,14)15/h2-7,10H,8-9H2,1H3,(H,23,26);2-8,11H,9-10H2,1H3,(H,22,25);3-7H,8H2,1-2H3,(H,20,23);4-6,8H,7H2,1-3H3,(H,18,21);2-4H,5H2,1H3,(H,19,22). The molecular formula is C78H70F19N15O7S5. The van der Waals surface area contributed by atoms with Crippen molar-refractivity contribution in [1.29, 1.82) is 0 Å². The summed E-state index contributed by atoms with van der Waals surface area (Å²) in [6.07, 6.45) is -26.5. The first-order valence-electron chi connectivity index (χ1n) is 36.0. The Balaban J connectivity index is 0.000000176. The summed E-state index contributed by atoms with van der Waals surface area (Å²) in [6.45, 7) is 6.04. The van der Waals surface area contributed by atoms with Crippen LogP contribution in [0.5, 0.6) is 5.75 Å². The zero-order valence-electron chi connectivity index (χ0n) is 65.6. The molecule has 0 fully saturated rings. The van der Waals surface area contributed by atoms with Crippen LogP contribution in [0.15, 0.2) is 162 Å². The Bertz CT molecular complexity index is 5770. The Labute approximate surface area is 711 Å². The third-order valence-corrected chi connectivity index (χ3v) is 22.1. The molecule has 0 unspecified atom stereocenters.